The normalized spacial score (nSPS) is 24.4. The Balaban J connectivity index is 0.00000128. The second-order valence-corrected chi connectivity index (χ2v) is 14.3. The van der Waals surface area contributed by atoms with Gasteiger partial charge in [-0.05, 0) is 23.6 Å². The lowest BCUT2D eigenvalue weighted by Crippen LogP contribution is -2.25. The summed E-state index contributed by atoms with van der Waals surface area (Å²) in [6.07, 6.45) is 2.54. The molecule has 0 amide bonds. The summed E-state index contributed by atoms with van der Waals surface area (Å²) in [7, 11) is 0. The topological polar surface area (TPSA) is 0 Å². The van der Waals surface area contributed by atoms with E-state index in [9.17, 15) is 4.39 Å². The van der Waals surface area contributed by atoms with E-state index < -0.39 is 0 Å². The van der Waals surface area contributed by atoms with Crippen LogP contribution in [0.15, 0.2) is 24.3 Å². The summed E-state index contributed by atoms with van der Waals surface area (Å²) in [6.45, 7) is 0. The van der Waals surface area contributed by atoms with Crippen LogP contribution in [-0.2, 0) is 0 Å². The van der Waals surface area contributed by atoms with Crippen molar-refractivity contribution in [2.75, 3.05) is 0 Å². The number of halogens is 2. The molecule has 16 heavy (non-hydrogen) atoms. The molecule has 1 aliphatic rings. The summed E-state index contributed by atoms with van der Waals surface area (Å²) in [5.74, 6) is 0.623. The smallest absolute Gasteiger partial charge is 0.207 e. The minimum Gasteiger partial charge on any atom is -0.207 e. The molecule has 0 nitrogen and oxygen atoms in total. The zero-order chi connectivity index (χ0) is 10.7. The van der Waals surface area contributed by atoms with Crippen molar-refractivity contribution in [2.24, 2.45) is 0 Å². The second kappa shape index (κ2) is 6.99. The highest BCUT2D eigenvalue weighted by Gasteiger charge is 2.22. The third-order valence-corrected chi connectivity index (χ3v) is 13.1. The Hall–Kier alpha value is 0.423. The van der Waals surface area contributed by atoms with Crippen molar-refractivity contribution in [2.45, 2.75) is 35.9 Å². The molecular formula is C12H18ClFMgSi. The number of rotatable bonds is 2. The lowest BCUT2D eigenvalue weighted by atomic mass is 9.93. The van der Waals surface area contributed by atoms with Gasteiger partial charge in [0.2, 0.25) is 0 Å². The van der Waals surface area contributed by atoms with Gasteiger partial charge in [0.05, 0.1) is 0 Å². The van der Waals surface area contributed by atoms with E-state index in [1.807, 2.05) is 12.1 Å². The molecule has 0 spiro atoms. The molecule has 0 atom stereocenters. The zero-order valence-electron chi connectivity index (χ0n) is 9.79. The average Bonchev–Trinajstić information content (AvgIpc) is 2.30. The Morgan fingerprint density at radius 3 is 2.25 bits per heavy atom. The van der Waals surface area contributed by atoms with Crippen molar-refractivity contribution >= 4 is 38.4 Å². The Morgan fingerprint density at radius 2 is 1.75 bits per heavy atom. The molecule has 0 N–H and O–H groups in total. The van der Waals surface area contributed by atoms with Gasteiger partial charge >= 0.3 is 19.6 Å². The Labute approximate surface area is 114 Å². The van der Waals surface area contributed by atoms with Crippen molar-refractivity contribution in [3.63, 3.8) is 0 Å². The van der Waals surface area contributed by atoms with Crippen LogP contribution in [0.3, 0.4) is 0 Å². The van der Waals surface area contributed by atoms with Gasteiger partial charge in [0.15, 0.2) is 0 Å². The van der Waals surface area contributed by atoms with Crippen LogP contribution >= 0.6 is 12.4 Å². The monoisotopic (exact) mass is 268 g/mol. The molecule has 86 valence electrons. The first kappa shape index (κ1) is 14.5. The standard InChI is InChI=1S/C11H14FSi.CH3.ClH.Mg/c12-11-3-1-9(2-4-11)10-5-7-13-8-6-10;;;/h1-4,10,13H,5-8H2;1H3;1H;. The fourth-order valence-corrected chi connectivity index (χ4v) is 9.36. The quantitative estimate of drug-likeness (QED) is 0.719. The first-order valence-electron chi connectivity index (χ1n) is 6.05. The second-order valence-electron chi connectivity index (χ2n) is 4.68. The van der Waals surface area contributed by atoms with Gasteiger partial charge in [0.25, 0.3) is 0 Å². The first-order chi connectivity index (χ1) is 7.29. The number of benzene rings is 1. The third kappa shape index (κ3) is 3.72. The minimum atomic E-state index is -0.212. The SMILES string of the molecule is Cl.[CH3][Mg][SiH]1CCC(c2ccc(F)cc2)CC1. The molecule has 0 saturated carbocycles. The van der Waals surface area contributed by atoms with Gasteiger partial charge in [-0.15, -0.1) is 12.4 Å². The molecule has 1 aliphatic heterocycles. The van der Waals surface area contributed by atoms with Gasteiger partial charge in [-0.3, -0.25) is 0 Å². The van der Waals surface area contributed by atoms with E-state index in [0.29, 0.717) is 19.6 Å². The van der Waals surface area contributed by atoms with Crippen LogP contribution in [0.25, 0.3) is 0 Å². The van der Waals surface area contributed by atoms with Gasteiger partial charge < -0.3 is 0 Å². The van der Waals surface area contributed by atoms with Crippen molar-refractivity contribution in [1.29, 1.82) is 0 Å². The zero-order valence-corrected chi connectivity index (χ0v) is 13.2. The first-order valence-corrected chi connectivity index (χ1v) is 12.4. The summed E-state index contributed by atoms with van der Waals surface area (Å²) in [6, 6.07) is 10.3. The van der Waals surface area contributed by atoms with Gasteiger partial charge in [0.1, 0.15) is 5.82 Å². The van der Waals surface area contributed by atoms with Crippen molar-refractivity contribution in [3.8, 4) is 0 Å². The number of hydrogen-bond donors (Lipinski definition) is 0. The molecule has 1 aromatic rings. The van der Waals surface area contributed by atoms with Gasteiger partial charge in [0, 0.05) is 0 Å². The fraction of sp³-hybridized carbons (Fsp3) is 0.500. The van der Waals surface area contributed by atoms with Crippen LogP contribution in [0, 0.1) is 5.82 Å². The summed E-state index contributed by atoms with van der Waals surface area (Å²) in [4.78, 5) is 0. The fourth-order valence-electron chi connectivity index (χ4n) is 2.64. The minimum absolute atomic E-state index is 0. The maximum atomic E-state index is 12.8. The molecule has 0 bridgehead atoms. The lowest BCUT2D eigenvalue weighted by molar-refractivity contribution is 0.602. The van der Waals surface area contributed by atoms with E-state index >= 15 is 0 Å². The Bertz CT molecular complexity index is 309. The summed E-state index contributed by atoms with van der Waals surface area (Å²) in [5, 5.41) is 2.48. The summed E-state index contributed by atoms with van der Waals surface area (Å²) >= 11 is 0.338. The van der Waals surface area contributed by atoms with Crippen LogP contribution < -0.4 is 0 Å². The summed E-state index contributed by atoms with van der Waals surface area (Å²) < 4.78 is 12.8. The maximum absolute atomic E-state index is 12.8. The highest BCUT2D eigenvalue weighted by Crippen LogP contribution is 2.33. The van der Waals surface area contributed by atoms with Crippen molar-refractivity contribution in [3.05, 3.63) is 35.6 Å². The molecule has 1 fully saturated rings. The average molecular weight is 269 g/mol. The Morgan fingerprint density at radius 1 is 1.19 bits per heavy atom. The van der Waals surface area contributed by atoms with Crippen LogP contribution in [0.4, 0.5) is 4.39 Å². The molecule has 0 radical (unpaired) electrons. The predicted molar refractivity (Wildman–Crippen MR) is 74.0 cm³/mol. The van der Waals surface area contributed by atoms with Crippen LogP contribution in [0.5, 0.6) is 0 Å². The van der Waals surface area contributed by atoms with Gasteiger partial charge in [-0.2, -0.15) is 5.05 Å². The van der Waals surface area contributed by atoms with Crippen LogP contribution in [-0.4, -0.2) is 26.0 Å². The van der Waals surface area contributed by atoms with Crippen molar-refractivity contribution < 1.29 is 4.39 Å². The largest absolute Gasteiger partial charge is 0.355 e. The van der Waals surface area contributed by atoms with Crippen LogP contribution in [0.1, 0.15) is 24.3 Å². The Kier molecular flexibility index (Phi) is 6.33. The highest BCUT2D eigenvalue weighted by atomic mass is 35.5. The molecule has 0 aliphatic carbocycles. The lowest BCUT2D eigenvalue weighted by Gasteiger charge is -2.27. The van der Waals surface area contributed by atoms with E-state index in [1.54, 1.807) is 24.2 Å². The van der Waals surface area contributed by atoms with E-state index in [4.69, 9.17) is 0 Å². The van der Waals surface area contributed by atoms with Crippen molar-refractivity contribution in [1.82, 2.24) is 0 Å². The van der Waals surface area contributed by atoms with Crippen LogP contribution in [0.2, 0.25) is 17.1 Å². The molecule has 4 heteroatoms. The van der Waals surface area contributed by atoms with Gasteiger partial charge in [-0.1, -0.05) is 43.5 Å². The molecule has 0 aromatic heterocycles. The van der Waals surface area contributed by atoms with Gasteiger partial charge in [-0.25, -0.2) is 4.39 Å². The molecule has 2 rings (SSSR count). The number of hydrogen-bond acceptors (Lipinski definition) is 0. The summed E-state index contributed by atoms with van der Waals surface area (Å²) in [5.41, 5.74) is 1.36. The highest BCUT2D eigenvalue weighted by molar-refractivity contribution is 7.12. The van der Waals surface area contributed by atoms with E-state index in [2.05, 4.69) is 5.05 Å². The maximum Gasteiger partial charge on any atom is 0.355 e. The molecular weight excluding hydrogens is 251 g/mol. The molecule has 1 heterocycles. The molecule has 1 aromatic carbocycles. The van der Waals surface area contributed by atoms with E-state index in [0.717, 1.165) is 5.92 Å². The van der Waals surface area contributed by atoms with E-state index in [-0.39, 0.29) is 24.7 Å². The third-order valence-electron chi connectivity index (χ3n) is 3.77. The molecule has 0 unspecified atom stereocenters. The predicted octanol–water partition coefficient (Wildman–Crippen LogP) is 3.60. The molecule has 1 saturated heterocycles. The van der Waals surface area contributed by atoms with E-state index in [1.165, 1.54) is 18.4 Å².